The standard InChI is InChI=1S/C18H35N3/c1-4-16(3)20-10-6-17(7-11-20)21-13-9-18(15-21)8-12-19(5-2)14-18/h16-17H,4-15H2,1-3H3. The van der Waals surface area contributed by atoms with E-state index in [-0.39, 0.29) is 0 Å². The molecule has 3 aliphatic rings. The molecule has 0 N–H and O–H groups in total. The molecular weight excluding hydrogens is 258 g/mol. The summed E-state index contributed by atoms with van der Waals surface area (Å²) in [6.45, 7) is 16.4. The largest absolute Gasteiger partial charge is 0.303 e. The van der Waals surface area contributed by atoms with E-state index in [1.165, 1.54) is 77.9 Å². The van der Waals surface area contributed by atoms with Gasteiger partial charge < -0.3 is 9.80 Å². The maximum Gasteiger partial charge on any atom is 0.0120 e. The second-order valence-electron chi connectivity index (χ2n) is 7.86. The lowest BCUT2D eigenvalue weighted by Crippen LogP contribution is -2.47. The molecule has 0 aromatic rings. The van der Waals surface area contributed by atoms with Crippen LogP contribution in [0.15, 0.2) is 0 Å². The Hall–Kier alpha value is -0.120. The Balaban J connectivity index is 1.49. The van der Waals surface area contributed by atoms with Crippen LogP contribution in [0.4, 0.5) is 0 Å². The fourth-order valence-electron chi connectivity index (χ4n) is 4.86. The highest BCUT2D eigenvalue weighted by atomic mass is 15.3. The van der Waals surface area contributed by atoms with Gasteiger partial charge in [-0.3, -0.25) is 4.90 Å². The van der Waals surface area contributed by atoms with Crippen molar-refractivity contribution in [3.05, 3.63) is 0 Å². The number of likely N-dealkylation sites (tertiary alicyclic amines) is 3. The molecule has 2 atom stereocenters. The second-order valence-corrected chi connectivity index (χ2v) is 7.86. The molecule has 3 saturated heterocycles. The summed E-state index contributed by atoms with van der Waals surface area (Å²) in [5.74, 6) is 0. The Morgan fingerprint density at radius 3 is 2.33 bits per heavy atom. The molecule has 3 rings (SSSR count). The molecule has 0 aromatic heterocycles. The Morgan fingerprint density at radius 2 is 1.71 bits per heavy atom. The number of rotatable bonds is 4. The van der Waals surface area contributed by atoms with Crippen molar-refractivity contribution in [3.63, 3.8) is 0 Å². The minimum Gasteiger partial charge on any atom is -0.303 e. The molecule has 122 valence electrons. The molecule has 3 fully saturated rings. The first-order valence-electron chi connectivity index (χ1n) is 9.36. The Morgan fingerprint density at radius 1 is 1.00 bits per heavy atom. The third-order valence-electron chi connectivity index (χ3n) is 6.66. The number of hydrogen-bond donors (Lipinski definition) is 0. The highest BCUT2D eigenvalue weighted by Gasteiger charge is 2.44. The van der Waals surface area contributed by atoms with Crippen LogP contribution in [-0.4, -0.2) is 72.6 Å². The summed E-state index contributed by atoms with van der Waals surface area (Å²) >= 11 is 0. The molecule has 0 amide bonds. The summed E-state index contributed by atoms with van der Waals surface area (Å²) in [6.07, 6.45) is 7.00. The van der Waals surface area contributed by atoms with Crippen LogP contribution in [0.1, 0.15) is 52.9 Å². The SMILES string of the molecule is CCC(C)N1CCC(N2CCC3(CCN(CC)C3)C2)CC1. The maximum absolute atomic E-state index is 2.85. The molecule has 0 aliphatic carbocycles. The summed E-state index contributed by atoms with van der Waals surface area (Å²) < 4.78 is 0. The fraction of sp³-hybridized carbons (Fsp3) is 1.00. The molecule has 0 bridgehead atoms. The van der Waals surface area contributed by atoms with E-state index in [2.05, 4.69) is 35.5 Å². The van der Waals surface area contributed by atoms with Crippen LogP contribution in [0.5, 0.6) is 0 Å². The zero-order valence-electron chi connectivity index (χ0n) is 14.5. The highest BCUT2D eigenvalue weighted by molar-refractivity contribution is 4.99. The summed E-state index contributed by atoms with van der Waals surface area (Å²) in [5.41, 5.74) is 0.657. The van der Waals surface area contributed by atoms with Crippen molar-refractivity contribution in [1.29, 1.82) is 0 Å². The first-order chi connectivity index (χ1) is 10.2. The van der Waals surface area contributed by atoms with Gasteiger partial charge in [0.2, 0.25) is 0 Å². The highest BCUT2D eigenvalue weighted by Crippen LogP contribution is 2.41. The van der Waals surface area contributed by atoms with Gasteiger partial charge in [-0.25, -0.2) is 0 Å². The van der Waals surface area contributed by atoms with Gasteiger partial charge in [-0.05, 0) is 77.2 Å². The van der Waals surface area contributed by atoms with Crippen LogP contribution in [0.25, 0.3) is 0 Å². The molecular formula is C18H35N3. The van der Waals surface area contributed by atoms with E-state index >= 15 is 0 Å². The zero-order valence-corrected chi connectivity index (χ0v) is 14.5. The van der Waals surface area contributed by atoms with Gasteiger partial charge >= 0.3 is 0 Å². The molecule has 1 spiro atoms. The Kier molecular flexibility index (Phi) is 4.92. The first kappa shape index (κ1) is 15.8. The van der Waals surface area contributed by atoms with Gasteiger partial charge in [-0.15, -0.1) is 0 Å². The van der Waals surface area contributed by atoms with E-state index in [1.807, 2.05) is 0 Å². The smallest absolute Gasteiger partial charge is 0.0120 e. The number of hydrogen-bond acceptors (Lipinski definition) is 3. The monoisotopic (exact) mass is 293 g/mol. The van der Waals surface area contributed by atoms with Crippen molar-refractivity contribution in [1.82, 2.24) is 14.7 Å². The van der Waals surface area contributed by atoms with Crippen LogP contribution < -0.4 is 0 Å². The average molecular weight is 293 g/mol. The van der Waals surface area contributed by atoms with Crippen molar-refractivity contribution in [2.45, 2.75) is 65.0 Å². The zero-order chi connectivity index (χ0) is 14.9. The second kappa shape index (κ2) is 6.55. The van der Waals surface area contributed by atoms with Crippen molar-refractivity contribution < 1.29 is 0 Å². The predicted octanol–water partition coefficient (Wildman–Crippen LogP) is 2.67. The van der Waals surface area contributed by atoms with Crippen LogP contribution >= 0.6 is 0 Å². The number of piperidine rings is 1. The van der Waals surface area contributed by atoms with Gasteiger partial charge in [-0.1, -0.05) is 13.8 Å². The normalized spacial score (nSPS) is 35.0. The topological polar surface area (TPSA) is 9.72 Å². The van der Waals surface area contributed by atoms with E-state index in [0.29, 0.717) is 5.41 Å². The molecule has 0 saturated carbocycles. The van der Waals surface area contributed by atoms with Gasteiger partial charge in [0.05, 0.1) is 0 Å². The van der Waals surface area contributed by atoms with Crippen LogP contribution in [-0.2, 0) is 0 Å². The molecule has 0 aromatic carbocycles. The molecule has 3 nitrogen and oxygen atoms in total. The van der Waals surface area contributed by atoms with E-state index in [4.69, 9.17) is 0 Å². The van der Waals surface area contributed by atoms with Crippen molar-refractivity contribution in [3.8, 4) is 0 Å². The van der Waals surface area contributed by atoms with E-state index in [0.717, 1.165) is 12.1 Å². The van der Waals surface area contributed by atoms with Gasteiger partial charge in [0, 0.05) is 25.2 Å². The van der Waals surface area contributed by atoms with Crippen LogP contribution in [0.2, 0.25) is 0 Å². The third-order valence-corrected chi connectivity index (χ3v) is 6.66. The molecule has 0 radical (unpaired) electrons. The third kappa shape index (κ3) is 3.30. The molecule has 3 aliphatic heterocycles. The first-order valence-corrected chi connectivity index (χ1v) is 9.36. The lowest BCUT2D eigenvalue weighted by Gasteiger charge is -2.39. The summed E-state index contributed by atoms with van der Waals surface area (Å²) in [4.78, 5) is 8.22. The van der Waals surface area contributed by atoms with E-state index < -0.39 is 0 Å². The van der Waals surface area contributed by atoms with Gasteiger partial charge in [0.1, 0.15) is 0 Å². The maximum atomic E-state index is 2.85. The van der Waals surface area contributed by atoms with E-state index in [9.17, 15) is 0 Å². The minimum atomic E-state index is 0.657. The lowest BCUT2D eigenvalue weighted by atomic mass is 9.86. The summed E-state index contributed by atoms with van der Waals surface area (Å²) in [7, 11) is 0. The van der Waals surface area contributed by atoms with Gasteiger partial charge in [0.15, 0.2) is 0 Å². The van der Waals surface area contributed by atoms with Crippen LogP contribution in [0, 0.1) is 5.41 Å². The van der Waals surface area contributed by atoms with Crippen molar-refractivity contribution in [2.24, 2.45) is 5.41 Å². The van der Waals surface area contributed by atoms with Crippen molar-refractivity contribution >= 4 is 0 Å². The van der Waals surface area contributed by atoms with Crippen molar-refractivity contribution in [2.75, 3.05) is 45.8 Å². The molecule has 21 heavy (non-hydrogen) atoms. The lowest BCUT2D eigenvalue weighted by molar-refractivity contribution is 0.0928. The number of nitrogens with zero attached hydrogens (tertiary/aromatic N) is 3. The Bertz CT molecular complexity index is 337. The summed E-state index contributed by atoms with van der Waals surface area (Å²) in [6, 6.07) is 1.66. The predicted molar refractivity (Wildman–Crippen MR) is 89.7 cm³/mol. The minimum absolute atomic E-state index is 0.657. The van der Waals surface area contributed by atoms with Crippen LogP contribution in [0.3, 0.4) is 0 Å². The summed E-state index contributed by atoms with van der Waals surface area (Å²) in [5, 5.41) is 0. The Labute approximate surface area is 131 Å². The molecule has 3 heterocycles. The molecule has 3 heteroatoms. The average Bonchev–Trinajstić information content (AvgIpc) is 3.14. The fourth-order valence-corrected chi connectivity index (χ4v) is 4.86. The van der Waals surface area contributed by atoms with Gasteiger partial charge in [-0.2, -0.15) is 0 Å². The van der Waals surface area contributed by atoms with Gasteiger partial charge in [0.25, 0.3) is 0 Å². The molecule has 2 unspecified atom stereocenters. The van der Waals surface area contributed by atoms with E-state index in [1.54, 1.807) is 0 Å². The quantitative estimate of drug-likeness (QED) is 0.789.